The molecule has 0 bridgehead atoms. The molecule has 2 N–H and O–H groups in total. The Balaban J connectivity index is 0.000000171. The van der Waals surface area contributed by atoms with Crippen LogP contribution in [0.3, 0.4) is 0 Å². The number of aryl methyl sites for hydroxylation is 2. The van der Waals surface area contributed by atoms with Crippen LogP contribution in [0, 0.1) is 37.1 Å². The summed E-state index contributed by atoms with van der Waals surface area (Å²) < 4.78 is 61.7. The molecule has 0 atom stereocenters. The first-order valence-corrected chi connectivity index (χ1v) is 18.5. The summed E-state index contributed by atoms with van der Waals surface area (Å²) in [6.45, 7) is 7.14. The summed E-state index contributed by atoms with van der Waals surface area (Å²) in [7, 11) is 0. The van der Waals surface area contributed by atoms with Crippen molar-refractivity contribution in [2.45, 2.75) is 39.0 Å². The van der Waals surface area contributed by atoms with Gasteiger partial charge in [0.05, 0.1) is 33.8 Å². The first-order valence-electron chi connectivity index (χ1n) is 18.5. The summed E-state index contributed by atoms with van der Waals surface area (Å²) >= 11 is 0. The topological polar surface area (TPSA) is 110 Å². The molecule has 0 aliphatic carbocycles. The zero-order valence-electron chi connectivity index (χ0n) is 31.4. The molecule has 10 nitrogen and oxygen atoms in total. The molecule has 58 heavy (non-hydrogen) atoms. The fourth-order valence-electron chi connectivity index (χ4n) is 7.61. The molecule has 2 aromatic carbocycles. The van der Waals surface area contributed by atoms with Crippen molar-refractivity contribution in [3.8, 4) is 22.5 Å². The number of nitrogens with zero attached hydrogens (tertiary/aromatic N) is 8. The molecule has 0 unspecified atom stereocenters. The smallest absolute Gasteiger partial charge is 0.173 e. The van der Waals surface area contributed by atoms with Crippen LogP contribution in [0.4, 0.5) is 17.6 Å². The fraction of sp³-hybridized carbons (Fsp3) is 0.238. The number of rotatable bonds is 4. The number of nitrogens with one attached hydrogen (secondary N) is 2. The maximum absolute atomic E-state index is 14.9. The molecule has 8 heterocycles. The van der Waals surface area contributed by atoms with Crippen LogP contribution in [0.25, 0.3) is 61.2 Å². The average Bonchev–Trinajstić information content (AvgIpc) is 3.80. The van der Waals surface area contributed by atoms with Crippen molar-refractivity contribution in [2.24, 2.45) is 0 Å². The van der Waals surface area contributed by atoms with E-state index in [0.29, 0.717) is 55.9 Å². The second-order valence-corrected chi connectivity index (χ2v) is 14.4. The number of piperidine rings is 1. The van der Waals surface area contributed by atoms with E-state index >= 15 is 0 Å². The van der Waals surface area contributed by atoms with Crippen molar-refractivity contribution in [2.75, 3.05) is 26.2 Å². The van der Waals surface area contributed by atoms with Crippen LogP contribution in [-0.4, -0.2) is 65.3 Å². The summed E-state index contributed by atoms with van der Waals surface area (Å²) in [5, 5.41) is 24.2. The third-order valence-electron chi connectivity index (χ3n) is 10.4. The van der Waals surface area contributed by atoms with E-state index in [4.69, 9.17) is 0 Å². The molecule has 1 saturated heterocycles. The van der Waals surface area contributed by atoms with Crippen LogP contribution >= 0.6 is 24.8 Å². The number of halogens is 6. The first kappa shape index (κ1) is 40.6. The van der Waals surface area contributed by atoms with Crippen molar-refractivity contribution < 1.29 is 17.6 Å². The number of imidazole rings is 2. The van der Waals surface area contributed by atoms with Gasteiger partial charge < -0.3 is 19.4 Å². The fourth-order valence-corrected chi connectivity index (χ4v) is 7.61. The van der Waals surface area contributed by atoms with E-state index in [9.17, 15) is 17.6 Å². The molecule has 1 fully saturated rings. The van der Waals surface area contributed by atoms with Crippen LogP contribution < -0.4 is 10.6 Å². The minimum atomic E-state index is -0.457. The predicted octanol–water partition coefficient (Wildman–Crippen LogP) is 8.75. The van der Waals surface area contributed by atoms with E-state index in [-0.39, 0.29) is 47.7 Å². The highest BCUT2D eigenvalue weighted by molar-refractivity contribution is 5.87. The third-order valence-corrected chi connectivity index (χ3v) is 10.4. The van der Waals surface area contributed by atoms with E-state index in [1.807, 2.05) is 12.1 Å². The van der Waals surface area contributed by atoms with Crippen molar-refractivity contribution in [3.63, 3.8) is 0 Å². The quantitative estimate of drug-likeness (QED) is 0.170. The van der Waals surface area contributed by atoms with Crippen LogP contribution in [0.5, 0.6) is 0 Å². The normalized spacial score (nSPS) is 14.6. The second kappa shape index (κ2) is 16.7. The first-order chi connectivity index (χ1) is 27.2. The Labute approximate surface area is 342 Å². The maximum atomic E-state index is 14.9. The summed E-state index contributed by atoms with van der Waals surface area (Å²) in [4.78, 5) is 8.30. The molecule has 8 aromatic rings. The molecule has 0 spiro atoms. The lowest BCUT2D eigenvalue weighted by molar-refractivity contribution is 0.459. The number of hydrogen-bond donors (Lipinski definition) is 2. The third kappa shape index (κ3) is 7.97. The van der Waals surface area contributed by atoms with Gasteiger partial charge in [0.1, 0.15) is 11.6 Å². The lowest BCUT2D eigenvalue weighted by Crippen LogP contribution is -2.26. The average molecular weight is 830 g/mol. The number of pyridine rings is 2. The van der Waals surface area contributed by atoms with Gasteiger partial charge in [-0.25, -0.2) is 27.5 Å². The van der Waals surface area contributed by atoms with E-state index in [0.717, 1.165) is 67.8 Å². The molecule has 2 aliphatic heterocycles. The van der Waals surface area contributed by atoms with Gasteiger partial charge in [0.15, 0.2) is 22.9 Å². The zero-order chi connectivity index (χ0) is 38.5. The van der Waals surface area contributed by atoms with Crippen molar-refractivity contribution in [1.29, 1.82) is 0 Å². The SMILES string of the molecule is Cc1cn2cc(-c3cc4c(F)cc(C5=CCNCC5)cc4nn3)cc(F)c2n1.Cc1cn2cc(-c3cc4c(F)cc(C5CCNCC5)cc4nn3)cc(F)c2n1.Cl.Cl. The summed E-state index contributed by atoms with van der Waals surface area (Å²) in [6.07, 6.45) is 11.8. The lowest BCUT2D eigenvalue weighted by atomic mass is 9.89. The van der Waals surface area contributed by atoms with Gasteiger partial charge in [-0.15, -0.1) is 45.2 Å². The van der Waals surface area contributed by atoms with E-state index in [1.54, 1.807) is 65.6 Å². The highest BCUT2D eigenvalue weighted by Gasteiger charge is 2.19. The molecule has 298 valence electrons. The molecule has 0 saturated carbocycles. The molecule has 10 rings (SSSR count). The maximum Gasteiger partial charge on any atom is 0.173 e. The highest BCUT2D eigenvalue weighted by Crippen LogP contribution is 2.32. The number of aromatic nitrogens is 8. The van der Waals surface area contributed by atoms with Gasteiger partial charge in [0.25, 0.3) is 0 Å². The van der Waals surface area contributed by atoms with Gasteiger partial charge in [-0.05, 0) is 124 Å². The van der Waals surface area contributed by atoms with Crippen LogP contribution in [0.15, 0.2) is 79.4 Å². The van der Waals surface area contributed by atoms with Gasteiger partial charge in [-0.2, -0.15) is 0 Å². The molecular formula is C42H38Cl2F4N10. The van der Waals surface area contributed by atoms with Crippen LogP contribution in [0.2, 0.25) is 0 Å². The van der Waals surface area contributed by atoms with E-state index < -0.39 is 11.6 Å². The monoisotopic (exact) mass is 828 g/mol. The summed E-state index contributed by atoms with van der Waals surface area (Å²) in [5.41, 5.74) is 7.73. The molecule has 6 aromatic heterocycles. The largest absolute Gasteiger partial charge is 0.317 e. The predicted molar refractivity (Wildman–Crippen MR) is 222 cm³/mol. The molecule has 16 heteroatoms. The Hall–Kier alpha value is -5.54. The van der Waals surface area contributed by atoms with E-state index in [1.165, 1.54) is 18.2 Å². The minimum absolute atomic E-state index is 0. The van der Waals surface area contributed by atoms with Gasteiger partial charge in [-0.1, -0.05) is 6.08 Å². The summed E-state index contributed by atoms with van der Waals surface area (Å²) in [5.74, 6) is -1.25. The molecule has 0 radical (unpaired) electrons. The van der Waals surface area contributed by atoms with Gasteiger partial charge >= 0.3 is 0 Å². The van der Waals surface area contributed by atoms with Crippen LogP contribution in [-0.2, 0) is 0 Å². The molecule has 2 aliphatic rings. The number of benzene rings is 2. The van der Waals surface area contributed by atoms with Crippen LogP contribution in [0.1, 0.15) is 47.7 Å². The van der Waals surface area contributed by atoms with Gasteiger partial charge in [0.2, 0.25) is 0 Å². The minimum Gasteiger partial charge on any atom is -0.317 e. The Bertz CT molecular complexity index is 2850. The highest BCUT2D eigenvalue weighted by atomic mass is 35.5. The zero-order valence-corrected chi connectivity index (χ0v) is 33.1. The van der Waals surface area contributed by atoms with E-state index in [2.05, 4.69) is 47.1 Å². The second-order valence-electron chi connectivity index (χ2n) is 14.4. The Morgan fingerprint density at radius 2 is 1.10 bits per heavy atom. The van der Waals surface area contributed by atoms with Crippen molar-refractivity contribution in [1.82, 2.24) is 49.8 Å². The standard InChI is InChI=1S/C21H19F2N5.C21H17F2N5.2ClH/c2*1-12-10-28-11-15(7-18(23)21(28)25-12)19-9-16-17(22)6-14(8-20(16)27-26-19)13-2-4-24-5-3-13;;/h6-11,13,24H,2-5H2,1H3;2,6-11,24H,3-5H2,1H3;2*1H. The Kier molecular flexibility index (Phi) is 11.7. The Morgan fingerprint density at radius 1 is 0.569 bits per heavy atom. The lowest BCUT2D eigenvalue weighted by Gasteiger charge is -2.23. The number of fused-ring (bicyclic) bond motifs is 4. The Morgan fingerprint density at radius 3 is 1.66 bits per heavy atom. The van der Waals surface area contributed by atoms with Gasteiger partial charge in [-0.3, -0.25) is 0 Å². The number of hydrogen-bond acceptors (Lipinski definition) is 8. The van der Waals surface area contributed by atoms with Gasteiger partial charge in [0, 0.05) is 53.2 Å². The van der Waals surface area contributed by atoms with Crippen molar-refractivity contribution >= 4 is 63.5 Å². The molecule has 0 amide bonds. The van der Waals surface area contributed by atoms with Crippen molar-refractivity contribution in [3.05, 3.63) is 125 Å². The summed E-state index contributed by atoms with van der Waals surface area (Å²) in [6, 6.07) is 12.9. The molecular weight excluding hydrogens is 791 g/mol.